The minimum absolute atomic E-state index is 0.152. The molecule has 5 heteroatoms. The van der Waals surface area contributed by atoms with E-state index in [0.29, 0.717) is 17.0 Å². The minimum Gasteiger partial charge on any atom is -0.497 e. The molecule has 3 aromatic rings. The summed E-state index contributed by atoms with van der Waals surface area (Å²) >= 11 is 5.89. The fraction of sp³-hybridized carbons (Fsp3) is 0.158. The number of nitrogens with zero attached hydrogens (tertiary/aromatic N) is 1. The fourth-order valence-corrected chi connectivity index (χ4v) is 2.60. The molecule has 1 N–H and O–H groups in total. The van der Waals surface area contributed by atoms with E-state index in [1.807, 2.05) is 54.6 Å². The van der Waals surface area contributed by atoms with Crippen molar-refractivity contribution in [1.82, 2.24) is 10.2 Å². The number of aryl methyl sites for hydroxylation is 2. The van der Waals surface area contributed by atoms with Gasteiger partial charge in [0, 0.05) is 16.1 Å². The highest BCUT2D eigenvalue weighted by molar-refractivity contribution is 6.30. The van der Waals surface area contributed by atoms with Gasteiger partial charge in [-0.05, 0) is 60.9 Å². The fourth-order valence-electron chi connectivity index (χ4n) is 2.47. The van der Waals surface area contributed by atoms with Gasteiger partial charge >= 0.3 is 0 Å². The maximum atomic E-state index is 12.0. The quantitative estimate of drug-likeness (QED) is 0.766. The van der Waals surface area contributed by atoms with Gasteiger partial charge < -0.3 is 4.74 Å². The molecule has 2 aromatic carbocycles. The number of ether oxygens (including phenoxy) is 1. The first kappa shape index (κ1) is 16.3. The molecule has 0 radical (unpaired) electrons. The monoisotopic (exact) mass is 340 g/mol. The van der Waals surface area contributed by atoms with Crippen molar-refractivity contribution in [3.8, 4) is 17.0 Å². The van der Waals surface area contributed by atoms with Gasteiger partial charge in [0.15, 0.2) is 0 Å². The molecule has 3 rings (SSSR count). The first-order valence-corrected chi connectivity index (χ1v) is 8.01. The number of rotatable bonds is 5. The van der Waals surface area contributed by atoms with E-state index in [1.54, 1.807) is 7.11 Å². The Balaban J connectivity index is 1.80. The van der Waals surface area contributed by atoms with Gasteiger partial charge in [0.05, 0.1) is 12.8 Å². The molecule has 0 bridgehead atoms. The Labute approximate surface area is 145 Å². The van der Waals surface area contributed by atoms with E-state index >= 15 is 0 Å². The van der Waals surface area contributed by atoms with Crippen molar-refractivity contribution >= 4 is 11.6 Å². The van der Waals surface area contributed by atoms with Crippen LogP contribution in [0.25, 0.3) is 11.3 Å². The molecule has 0 saturated heterocycles. The topological polar surface area (TPSA) is 55.0 Å². The molecule has 1 heterocycles. The summed E-state index contributed by atoms with van der Waals surface area (Å²) in [4.78, 5) is 12.0. The van der Waals surface area contributed by atoms with E-state index in [-0.39, 0.29) is 5.56 Å². The van der Waals surface area contributed by atoms with Crippen LogP contribution in [0.15, 0.2) is 59.4 Å². The van der Waals surface area contributed by atoms with Crippen molar-refractivity contribution in [3.63, 3.8) is 0 Å². The largest absolute Gasteiger partial charge is 0.497 e. The van der Waals surface area contributed by atoms with Crippen LogP contribution in [0.1, 0.15) is 11.1 Å². The normalized spacial score (nSPS) is 10.6. The standard InChI is InChI=1S/C19H17ClN2O2/c1-24-17-10-6-14(7-11-17)18-12-15(19(23)22-21-18)5-2-13-3-8-16(20)9-4-13/h3-4,6-12H,2,5H2,1H3,(H,22,23). The molecule has 0 amide bonds. The molecule has 0 aliphatic rings. The second-order valence-corrected chi connectivity index (χ2v) is 5.90. The molecular weight excluding hydrogens is 324 g/mol. The Morgan fingerprint density at radius 1 is 1.04 bits per heavy atom. The lowest BCUT2D eigenvalue weighted by atomic mass is 10.0. The molecule has 0 saturated carbocycles. The van der Waals surface area contributed by atoms with Crippen LogP contribution in [0.3, 0.4) is 0 Å². The summed E-state index contributed by atoms with van der Waals surface area (Å²) in [6.07, 6.45) is 1.41. The Kier molecular flexibility index (Phi) is 4.96. The van der Waals surface area contributed by atoms with Crippen molar-refractivity contribution in [1.29, 1.82) is 0 Å². The van der Waals surface area contributed by atoms with Crippen LogP contribution in [-0.2, 0) is 12.8 Å². The predicted octanol–water partition coefficient (Wildman–Crippen LogP) is 3.88. The third-order valence-corrected chi connectivity index (χ3v) is 4.11. The van der Waals surface area contributed by atoms with Crippen LogP contribution in [0.5, 0.6) is 5.75 Å². The minimum atomic E-state index is -0.152. The third kappa shape index (κ3) is 3.84. The van der Waals surface area contributed by atoms with E-state index in [2.05, 4.69) is 10.2 Å². The summed E-state index contributed by atoms with van der Waals surface area (Å²) in [5.41, 5.74) is 3.37. The van der Waals surface area contributed by atoms with Crippen molar-refractivity contribution in [2.24, 2.45) is 0 Å². The molecule has 122 valence electrons. The molecule has 0 atom stereocenters. The number of hydrogen-bond acceptors (Lipinski definition) is 3. The van der Waals surface area contributed by atoms with E-state index in [4.69, 9.17) is 16.3 Å². The van der Waals surface area contributed by atoms with Crippen LogP contribution in [-0.4, -0.2) is 17.3 Å². The number of methoxy groups -OCH3 is 1. The smallest absolute Gasteiger partial charge is 0.267 e. The van der Waals surface area contributed by atoms with Crippen molar-refractivity contribution in [3.05, 3.63) is 81.1 Å². The van der Waals surface area contributed by atoms with E-state index in [1.165, 1.54) is 0 Å². The lowest BCUT2D eigenvalue weighted by Gasteiger charge is -2.06. The number of hydrogen-bond donors (Lipinski definition) is 1. The van der Waals surface area contributed by atoms with Gasteiger partial charge in [-0.2, -0.15) is 5.10 Å². The Morgan fingerprint density at radius 2 is 1.75 bits per heavy atom. The third-order valence-electron chi connectivity index (χ3n) is 3.86. The van der Waals surface area contributed by atoms with Gasteiger partial charge in [0.25, 0.3) is 5.56 Å². The maximum absolute atomic E-state index is 12.0. The van der Waals surface area contributed by atoms with Gasteiger partial charge in [-0.25, -0.2) is 5.10 Å². The lowest BCUT2D eigenvalue weighted by molar-refractivity contribution is 0.415. The summed E-state index contributed by atoms with van der Waals surface area (Å²) in [6, 6.07) is 17.1. The molecule has 0 unspecified atom stereocenters. The maximum Gasteiger partial charge on any atom is 0.267 e. The average Bonchev–Trinajstić information content (AvgIpc) is 2.62. The zero-order valence-electron chi connectivity index (χ0n) is 13.3. The van der Waals surface area contributed by atoms with Crippen LogP contribution < -0.4 is 10.3 Å². The van der Waals surface area contributed by atoms with Crippen LogP contribution in [0.4, 0.5) is 0 Å². The number of aromatic nitrogens is 2. The molecule has 0 fully saturated rings. The Hall–Kier alpha value is -2.59. The first-order chi connectivity index (χ1) is 11.7. The van der Waals surface area contributed by atoms with Crippen LogP contribution >= 0.6 is 11.6 Å². The SMILES string of the molecule is COc1ccc(-c2cc(CCc3ccc(Cl)cc3)c(=O)[nH]n2)cc1. The summed E-state index contributed by atoms with van der Waals surface area (Å²) in [5, 5.41) is 7.43. The molecule has 4 nitrogen and oxygen atoms in total. The van der Waals surface area contributed by atoms with Crippen molar-refractivity contribution in [2.45, 2.75) is 12.8 Å². The van der Waals surface area contributed by atoms with Crippen molar-refractivity contribution in [2.75, 3.05) is 7.11 Å². The van der Waals surface area contributed by atoms with Crippen LogP contribution in [0.2, 0.25) is 5.02 Å². The molecular formula is C19H17ClN2O2. The zero-order chi connectivity index (χ0) is 16.9. The molecule has 24 heavy (non-hydrogen) atoms. The predicted molar refractivity (Wildman–Crippen MR) is 95.7 cm³/mol. The zero-order valence-corrected chi connectivity index (χ0v) is 14.0. The second kappa shape index (κ2) is 7.32. The second-order valence-electron chi connectivity index (χ2n) is 5.46. The van der Waals surface area contributed by atoms with Gasteiger partial charge in [-0.15, -0.1) is 0 Å². The summed E-state index contributed by atoms with van der Waals surface area (Å²) in [7, 11) is 1.63. The molecule has 0 aliphatic carbocycles. The summed E-state index contributed by atoms with van der Waals surface area (Å²) in [6.45, 7) is 0. The van der Waals surface area contributed by atoms with Gasteiger partial charge in [-0.1, -0.05) is 23.7 Å². The van der Waals surface area contributed by atoms with Crippen LogP contribution in [0, 0.1) is 0 Å². The van der Waals surface area contributed by atoms with Gasteiger partial charge in [0.1, 0.15) is 5.75 Å². The highest BCUT2D eigenvalue weighted by Crippen LogP contribution is 2.20. The number of benzene rings is 2. The lowest BCUT2D eigenvalue weighted by Crippen LogP contribution is -2.15. The number of halogens is 1. The van der Waals surface area contributed by atoms with Gasteiger partial charge in [0.2, 0.25) is 0 Å². The molecule has 1 aromatic heterocycles. The first-order valence-electron chi connectivity index (χ1n) is 7.63. The Bertz CT molecular complexity index is 871. The van der Waals surface area contributed by atoms with Gasteiger partial charge in [-0.3, -0.25) is 4.79 Å². The summed E-state index contributed by atoms with van der Waals surface area (Å²) < 4.78 is 5.16. The number of nitrogens with one attached hydrogen (secondary N) is 1. The van der Waals surface area contributed by atoms with Crippen molar-refractivity contribution < 1.29 is 4.74 Å². The molecule has 0 spiro atoms. The number of H-pyrrole nitrogens is 1. The number of aromatic amines is 1. The highest BCUT2D eigenvalue weighted by Gasteiger charge is 2.06. The van der Waals surface area contributed by atoms with E-state index in [0.717, 1.165) is 29.0 Å². The van der Waals surface area contributed by atoms with E-state index in [9.17, 15) is 4.79 Å². The van der Waals surface area contributed by atoms with E-state index < -0.39 is 0 Å². The Morgan fingerprint density at radius 3 is 2.42 bits per heavy atom. The summed E-state index contributed by atoms with van der Waals surface area (Å²) in [5.74, 6) is 0.783. The molecule has 0 aliphatic heterocycles. The average molecular weight is 341 g/mol. The highest BCUT2D eigenvalue weighted by atomic mass is 35.5.